The predicted molar refractivity (Wildman–Crippen MR) is 77.4 cm³/mol. The first-order valence-corrected chi connectivity index (χ1v) is 6.94. The van der Waals surface area contributed by atoms with Gasteiger partial charge in [-0.2, -0.15) is 5.26 Å². The molecule has 5 heteroatoms. The lowest BCUT2D eigenvalue weighted by atomic mass is 9.80. The Balaban J connectivity index is 2.14. The van der Waals surface area contributed by atoms with Gasteiger partial charge in [-0.15, -0.1) is 0 Å². The van der Waals surface area contributed by atoms with Crippen LogP contribution in [-0.4, -0.2) is 11.0 Å². The zero-order chi connectivity index (χ0) is 14.7. The van der Waals surface area contributed by atoms with E-state index in [1.54, 1.807) is 12.1 Å². The molecule has 106 valence electrons. The van der Waals surface area contributed by atoms with Crippen molar-refractivity contribution in [2.24, 2.45) is 11.8 Å². The topological polar surface area (TPSA) is 79.0 Å². The summed E-state index contributed by atoms with van der Waals surface area (Å²) in [6.45, 7) is 4.50. The normalized spacial score (nSPS) is 25.8. The predicted octanol–water partition coefficient (Wildman–Crippen LogP) is 3.70. The van der Waals surface area contributed by atoms with Crippen molar-refractivity contribution < 1.29 is 4.92 Å². The van der Waals surface area contributed by atoms with Crippen LogP contribution in [0, 0.1) is 33.3 Å². The van der Waals surface area contributed by atoms with Crippen molar-refractivity contribution in [3.8, 4) is 6.07 Å². The van der Waals surface area contributed by atoms with E-state index in [4.69, 9.17) is 5.26 Å². The van der Waals surface area contributed by atoms with Crippen LogP contribution >= 0.6 is 0 Å². The van der Waals surface area contributed by atoms with Gasteiger partial charge in [-0.1, -0.05) is 13.8 Å². The molecule has 0 aliphatic heterocycles. The molecule has 1 fully saturated rings. The van der Waals surface area contributed by atoms with E-state index in [1.807, 2.05) is 6.07 Å². The number of nitro groups is 1. The van der Waals surface area contributed by atoms with E-state index in [0.29, 0.717) is 17.9 Å². The molecule has 5 nitrogen and oxygen atoms in total. The second-order valence-corrected chi connectivity index (χ2v) is 5.86. The standard InChI is InChI=1S/C15H19N3O2/c1-10-5-11(2)7-14(6-10)17-13-3-4-15(18(19)20)12(8-13)9-16/h3-4,8,10-11,14,17H,5-7H2,1-2H3. The van der Waals surface area contributed by atoms with Crippen molar-refractivity contribution in [1.82, 2.24) is 0 Å². The second-order valence-electron chi connectivity index (χ2n) is 5.86. The van der Waals surface area contributed by atoms with Crippen molar-refractivity contribution in [3.63, 3.8) is 0 Å². The Morgan fingerprint density at radius 1 is 1.30 bits per heavy atom. The third kappa shape index (κ3) is 3.27. The monoisotopic (exact) mass is 273 g/mol. The Hall–Kier alpha value is -2.09. The van der Waals surface area contributed by atoms with Gasteiger partial charge < -0.3 is 5.32 Å². The molecule has 1 aliphatic rings. The number of hydrogen-bond acceptors (Lipinski definition) is 4. The molecule has 0 amide bonds. The molecule has 2 atom stereocenters. The molecule has 2 unspecified atom stereocenters. The van der Waals surface area contributed by atoms with E-state index in [0.717, 1.165) is 18.5 Å². The fourth-order valence-electron chi connectivity index (χ4n) is 3.18. The number of hydrogen-bond donors (Lipinski definition) is 1. The first kappa shape index (κ1) is 14.3. The number of benzene rings is 1. The van der Waals surface area contributed by atoms with Gasteiger partial charge in [0.2, 0.25) is 0 Å². The summed E-state index contributed by atoms with van der Waals surface area (Å²) in [7, 11) is 0. The minimum absolute atomic E-state index is 0.108. The van der Waals surface area contributed by atoms with Crippen LogP contribution in [0.25, 0.3) is 0 Å². The highest BCUT2D eigenvalue weighted by Crippen LogP contribution is 2.31. The molecular formula is C15H19N3O2. The van der Waals surface area contributed by atoms with Crippen LogP contribution in [0.3, 0.4) is 0 Å². The molecule has 2 rings (SSSR count). The molecule has 0 bridgehead atoms. The second kappa shape index (κ2) is 5.91. The Bertz CT molecular complexity index is 541. The minimum Gasteiger partial charge on any atom is -0.382 e. The first-order valence-electron chi connectivity index (χ1n) is 6.94. The maximum absolute atomic E-state index is 10.8. The van der Waals surface area contributed by atoms with E-state index in [-0.39, 0.29) is 11.3 Å². The summed E-state index contributed by atoms with van der Waals surface area (Å²) in [6.07, 6.45) is 3.45. The lowest BCUT2D eigenvalue weighted by molar-refractivity contribution is -0.385. The van der Waals surface area contributed by atoms with Crippen LogP contribution in [-0.2, 0) is 0 Å². The Morgan fingerprint density at radius 3 is 2.50 bits per heavy atom. The van der Waals surface area contributed by atoms with Gasteiger partial charge in [0, 0.05) is 17.8 Å². The smallest absolute Gasteiger partial charge is 0.287 e. The summed E-state index contributed by atoms with van der Waals surface area (Å²) >= 11 is 0. The summed E-state index contributed by atoms with van der Waals surface area (Å²) in [6, 6.07) is 6.92. The summed E-state index contributed by atoms with van der Waals surface area (Å²) < 4.78 is 0. The Morgan fingerprint density at radius 2 is 1.95 bits per heavy atom. The van der Waals surface area contributed by atoms with Gasteiger partial charge in [0.15, 0.2) is 0 Å². The SMILES string of the molecule is CC1CC(C)CC(Nc2ccc([N+](=O)[O-])c(C#N)c2)C1. The largest absolute Gasteiger partial charge is 0.382 e. The molecule has 20 heavy (non-hydrogen) atoms. The number of nitrogens with one attached hydrogen (secondary N) is 1. The van der Waals surface area contributed by atoms with Gasteiger partial charge in [0.05, 0.1) is 4.92 Å². The van der Waals surface area contributed by atoms with Gasteiger partial charge in [0.1, 0.15) is 11.6 Å². The van der Waals surface area contributed by atoms with Crippen LogP contribution in [0.5, 0.6) is 0 Å². The van der Waals surface area contributed by atoms with Crippen molar-refractivity contribution in [3.05, 3.63) is 33.9 Å². The number of nitrogens with zero attached hydrogens (tertiary/aromatic N) is 2. The maximum Gasteiger partial charge on any atom is 0.287 e. The fourth-order valence-corrected chi connectivity index (χ4v) is 3.18. The molecule has 1 aromatic carbocycles. The summed E-state index contributed by atoms with van der Waals surface area (Å²) in [5.41, 5.74) is 0.763. The van der Waals surface area contributed by atoms with Gasteiger partial charge in [-0.3, -0.25) is 10.1 Å². The highest BCUT2D eigenvalue weighted by molar-refractivity contribution is 5.59. The van der Waals surface area contributed by atoms with E-state index < -0.39 is 4.92 Å². The van der Waals surface area contributed by atoms with Crippen LogP contribution < -0.4 is 5.32 Å². The van der Waals surface area contributed by atoms with E-state index >= 15 is 0 Å². The fraction of sp³-hybridized carbons (Fsp3) is 0.533. The van der Waals surface area contributed by atoms with Crippen molar-refractivity contribution in [2.75, 3.05) is 5.32 Å². The van der Waals surface area contributed by atoms with Crippen molar-refractivity contribution in [2.45, 2.75) is 39.2 Å². The zero-order valence-electron chi connectivity index (χ0n) is 11.8. The van der Waals surface area contributed by atoms with Crippen molar-refractivity contribution in [1.29, 1.82) is 5.26 Å². The molecular weight excluding hydrogens is 254 g/mol. The number of rotatable bonds is 3. The van der Waals surface area contributed by atoms with E-state index in [1.165, 1.54) is 12.5 Å². The minimum atomic E-state index is -0.521. The molecule has 1 saturated carbocycles. The molecule has 1 N–H and O–H groups in total. The Labute approximate surface area is 118 Å². The third-order valence-electron chi connectivity index (χ3n) is 3.86. The Kier molecular flexibility index (Phi) is 4.23. The molecule has 0 saturated heterocycles. The summed E-state index contributed by atoms with van der Waals surface area (Å²) in [4.78, 5) is 10.3. The van der Waals surface area contributed by atoms with Crippen molar-refractivity contribution >= 4 is 11.4 Å². The molecule has 0 heterocycles. The summed E-state index contributed by atoms with van der Waals surface area (Å²) in [5, 5.41) is 23.2. The molecule has 1 aromatic rings. The molecule has 0 radical (unpaired) electrons. The number of nitro benzene ring substituents is 1. The van der Waals surface area contributed by atoms with Crippen LogP contribution in [0.15, 0.2) is 18.2 Å². The van der Waals surface area contributed by atoms with Gasteiger partial charge in [-0.25, -0.2) is 0 Å². The maximum atomic E-state index is 10.8. The number of anilines is 1. The van der Waals surface area contributed by atoms with Crippen LogP contribution in [0.2, 0.25) is 0 Å². The lowest BCUT2D eigenvalue weighted by Crippen LogP contribution is -2.30. The first-order chi connectivity index (χ1) is 9.49. The van der Waals surface area contributed by atoms with E-state index in [9.17, 15) is 10.1 Å². The average Bonchev–Trinajstić information content (AvgIpc) is 2.37. The number of nitriles is 1. The average molecular weight is 273 g/mol. The van der Waals surface area contributed by atoms with Crippen LogP contribution in [0.4, 0.5) is 11.4 Å². The zero-order valence-corrected chi connectivity index (χ0v) is 11.8. The molecule has 0 spiro atoms. The van der Waals surface area contributed by atoms with E-state index in [2.05, 4.69) is 19.2 Å². The van der Waals surface area contributed by atoms with Gasteiger partial charge >= 0.3 is 0 Å². The van der Waals surface area contributed by atoms with Crippen LogP contribution in [0.1, 0.15) is 38.7 Å². The van der Waals surface area contributed by atoms with Gasteiger partial charge in [-0.05, 0) is 43.2 Å². The highest BCUT2D eigenvalue weighted by Gasteiger charge is 2.24. The molecule has 1 aliphatic carbocycles. The molecule has 0 aromatic heterocycles. The quantitative estimate of drug-likeness (QED) is 0.672. The summed E-state index contributed by atoms with van der Waals surface area (Å²) in [5.74, 6) is 1.37. The highest BCUT2D eigenvalue weighted by atomic mass is 16.6. The van der Waals surface area contributed by atoms with Gasteiger partial charge in [0.25, 0.3) is 5.69 Å². The third-order valence-corrected chi connectivity index (χ3v) is 3.86. The lowest BCUT2D eigenvalue weighted by Gasteiger charge is -2.32.